The molecule has 0 radical (unpaired) electrons. The largest absolute Gasteiger partial charge is 0.384 e. The molecule has 1 heterocycles. The van der Waals surface area contributed by atoms with Crippen molar-refractivity contribution in [3.8, 4) is 0 Å². The number of ether oxygens (including phenoxy) is 1. The van der Waals surface area contributed by atoms with E-state index in [-0.39, 0.29) is 11.9 Å². The second-order valence-corrected chi connectivity index (χ2v) is 5.90. The Kier molecular flexibility index (Phi) is 6.21. The molecule has 1 amide bonds. The lowest BCUT2D eigenvalue weighted by molar-refractivity contribution is -0.123. The predicted octanol–water partition coefficient (Wildman–Crippen LogP) is 2.22. The Hall–Kier alpha value is -1.39. The van der Waals surface area contributed by atoms with E-state index in [1.54, 1.807) is 7.11 Å². The van der Waals surface area contributed by atoms with Crippen molar-refractivity contribution in [2.75, 3.05) is 33.4 Å². The standard InChI is InChI=1S/C17H26N2O2/c1-14(16-8-4-3-5-9-16)18-17(20)12-19-10-6-7-15(11-19)13-21-2/h3-5,8-9,14-15H,6-7,10-13H2,1-2H3,(H,18,20)/t14-,15+/m1/s1. The first-order valence-electron chi connectivity index (χ1n) is 7.74. The molecule has 0 saturated carbocycles. The summed E-state index contributed by atoms with van der Waals surface area (Å²) in [7, 11) is 1.74. The minimum Gasteiger partial charge on any atom is -0.384 e. The van der Waals surface area contributed by atoms with Gasteiger partial charge in [-0.05, 0) is 37.8 Å². The van der Waals surface area contributed by atoms with Crippen molar-refractivity contribution in [3.63, 3.8) is 0 Å². The number of carbonyl (C=O) groups excluding carboxylic acids is 1. The summed E-state index contributed by atoms with van der Waals surface area (Å²) in [5.74, 6) is 0.660. The van der Waals surface area contributed by atoms with E-state index in [0.717, 1.165) is 31.7 Å². The number of hydrogen-bond donors (Lipinski definition) is 1. The third kappa shape index (κ3) is 5.14. The number of benzene rings is 1. The van der Waals surface area contributed by atoms with Crippen LogP contribution in [0.4, 0.5) is 0 Å². The van der Waals surface area contributed by atoms with Crippen molar-refractivity contribution in [1.29, 1.82) is 0 Å². The SMILES string of the molecule is COC[C@H]1CCCN(CC(=O)N[C@H](C)c2ccccc2)C1. The van der Waals surface area contributed by atoms with Crippen LogP contribution in [0.2, 0.25) is 0 Å². The molecule has 1 aromatic rings. The van der Waals surface area contributed by atoms with Gasteiger partial charge >= 0.3 is 0 Å². The van der Waals surface area contributed by atoms with Crippen molar-refractivity contribution in [3.05, 3.63) is 35.9 Å². The quantitative estimate of drug-likeness (QED) is 0.873. The van der Waals surface area contributed by atoms with Crippen LogP contribution in [-0.4, -0.2) is 44.2 Å². The normalized spacial score (nSPS) is 21.0. The summed E-state index contributed by atoms with van der Waals surface area (Å²) in [6, 6.07) is 10.1. The molecule has 1 aromatic carbocycles. The van der Waals surface area contributed by atoms with Gasteiger partial charge in [-0.25, -0.2) is 0 Å². The van der Waals surface area contributed by atoms with E-state index in [1.807, 2.05) is 37.3 Å². The van der Waals surface area contributed by atoms with E-state index in [9.17, 15) is 4.79 Å². The highest BCUT2D eigenvalue weighted by atomic mass is 16.5. The molecule has 0 unspecified atom stereocenters. The van der Waals surface area contributed by atoms with Crippen molar-refractivity contribution in [2.45, 2.75) is 25.8 Å². The van der Waals surface area contributed by atoms with Gasteiger partial charge in [0.15, 0.2) is 0 Å². The molecule has 0 aromatic heterocycles. The lowest BCUT2D eigenvalue weighted by Gasteiger charge is -2.32. The van der Waals surface area contributed by atoms with Crippen LogP contribution in [0.25, 0.3) is 0 Å². The number of methoxy groups -OCH3 is 1. The number of nitrogens with one attached hydrogen (secondary N) is 1. The second-order valence-electron chi connectivity index (χ2n) is 5.90. The molecule has 1 aliphatic heterocycles. The van der Waals surface area contributed by atoms with Crippen LogP contribution in [0, 0.1) is 5.92 Å². The van der Waals surface area contributed by atoms with E-state index in [1.165, 1.54) is 6.42 Å². The Balaban J connectivity index is 1.79. The van der Waals surface area contributed by atoms with Gasteiger partial charge in [-0.3, -0.25) is 9.69 Å². The number of carbonyl (C=O) groups is 1. The molecule has 1 N–H and O–H groups in total. The van der Waals surface area contributed by atoms with Crippen LogP contribution in [0.5, 0.6) is 0 Å². The third-order valence-corrected chi connectivity index (χ3v) is 4.05. The Morgan fingerprint density at radius 1 is 1.43 bits per heavy atom. The summed E-state index contributed by atoms with van der Waals surface area (Å²) < 4.78 is 5.23. The first-order chi connectivity index (χ1) is 10.2. The van der Waals surface area contributed by atoms with E-state index in [2.05, 4.69) is 10.2 Å². The highest BCUT2D eigenvalue weighted by molar-refractivity contribution is 5.78. The second kappa shape index (κ2) is 8.15. The van der Waals surface area contributed by atoms with Crippen molar-refractivity contribution in [1.82, 2.24) is 10.2 Å². The fourth-order valence-electron chi connectivity index (χ4n) is 2.98. The Morgan fingerprint density at radius 2 is 2.19 bits per heavy atom. The molecule has 2 atom stereocenters. The molecule has 1 aliphatic rings. The molecule has 1 saturated heterocycles. The fourth-order valence-corrected chi connectivity index (χ4v) is 2.98. The molecule has 116 valence electrons. The number of rotatable bonds is 6. The van der Waals surface area contributed by atoms with Gasteiger partial charge in [0.05, 0.1) is 19.2 Å². The molecular weight excluding hydrogens is 264 g/mol. The highest BCUT2D eigenvalue weighted by Gasteiger charge is 2.22. The summed E-state index contributed by atoms with van der Waals surface area (Å²) in [5.41, 5.74) is 1.14. The Bertz CT molecular complexity index is 434. The topological polar surface area (TPSA) is 41.6 Å². The minimum absolute atomic E-state index is 0.0539. The van der Waals surface area contributed by atoms with Gasteiger partial charge in [0.2, 0.25) is 5.91 Å². The van der Waals surface area contributed by atoms with Gasteiger partial charge < -0.3 is 10.1 Å². The van der Waals surface area contributed by atoms with Crippen LogP contribution in [0.15, 0.2) is 30.3 Å². The first-order valence-corrected chi connectivity index (χ1v) is 7.74. The van der Waals surface area contributed by atoms with Gasteiger partial charge in [-0.1, -0.05) is 30.3 Å². The van der Waals surface area contributed by atoms with E-state index in [4.69, 9.17) is 4.74 Å². The van der Waals surface area contributed by atoms with Crippen molar-refractivity contribution in [2.24, 2.45) is 5.92 Å². The molecule has 1 fully saturated rings. The van der Waals surface area contributed by atoms with E-state index < -0.39 is 0 Å². The maximum Gasteiger partial charge on any atom is 0.234 e. The van der Waals surface area contributed by atoms with Crippen molar-refractivity contribution < 1.29 is 9.53 Å². The lowest BCUT2D eigenvalue weighted by Crippen LogP contribution is -2.43. The lowest BCUT2D eigenvalue weighted by atomic mass is 9.99. The van der Waals surface area contributed by atoms with Gasteiger partial charge in [0.25, 0.3) is 0 Å². The van der Waals surface area contributed by atoms with Crippen LogP contribution >= 0.6 is 0 Å². The fraction of sp³-hybridized carbons (Fsp3) is 0.588. The highest BCUT2D eigenvalue weighted by Crippen LogP contribution is 2.16. The zero-order valence-electron chi connectivity index (χ0n) is 13.0. The van der Waals surface area contributed by atoms with Crippen molar-refractivity contribution >= 4 is 5.91 Å². The molecular formula is C17H26N2O2. The molecule has 0 bridgehead atoms. The molecule has 4 nitrogen and oxygen atoms in total. The summed E-state index contributed by atoms with van der Waals surface area (Å²) in [4.78, 5) is 14.4. The summed E-state index contributed by atoms with van der Waals surface area (Å²) >= 11 is 0. The Labute approximate surface area is 127 Å². The smallest absolute Gasteiger partial charge is 0.234 e. The number of likely N-dealkylation sites (tertiary alicyclic amines) is 1. The van der Waals surface area contributed by atoms with E-state index in [0.29, 0.717) is 12.5 Å². The van der Waals surface area contributed by atoms with E-state index >= 15 is 0 Å². The van der Waals surface area contributed by atoms with Crippen LogP contribution < -0.4 is 5.32 Å². The number of piperidine rings is 1. The maximum atomic E-state index is 12.2. The minimum atomic E-state index is 0.0539. The predicted molar refractivity (Wildman–Crippen MR) is 84.0 cm³/mol. The summed E-state index contributed by atoms with van der Waals surface area (Å²) in [6.45, 7) is 5.27. The van der Waals surface area contributed by atoms with Crippen LogP contribution in [0.1, 0.15) is 31.4 Å². The van der Waals surface area contributed by atoms with Gasteiger partial charge in [-0.15, -0.1) is 0 Å². The number of hydrogen-bond acceptors (Lipinski definition) is 3. The van der Waals surface area contributed by atoms with Gasteiger partial charge in [0, 0.05) is 13.7 Å². The summed E-state index contributed by atoms with van der Waals surface area (Å²) in [6.07, 6.45) is 2.35. The first kappa shape index (κ1) is 16.0. The Morgan fingerprint density at radius 3 is 2.90 bits per heavy atom. The van der Waals surface area contributed by atoms with Crippen LogP contribution in [-0.2, 0) is 9.53 Å². The average Bonchev–Trinajstić information content (AvgIpc) is 2.48. The number of amides is 1. The number of nitrogens with zero attached hydrogens (tertiary/aromatic N) is 1. The van der Waals surface area contributed by atoms with Gasteiger partial charge in [-0.2, -0.15) is 0 Å². The monoisotopic (exact) mass is 290 g/mol. The summed E-state index contributed by atoms with van der Waals surface area (Å²) in [5, 5.41) is 3.08. The molecule has 2 rings (SSSR count). The van der Waals surface area contributed by atoms with Crippen LogP contribution in [0.3, 0.4) is 0 Å². The maximum absolute atomic E-state index is 12.2. The zero-order valence-corrected chi connectivity index (χ0v) is 13.0. The third-order valence-electron chi connectivity index (χ3n) is 4.05. The molecule has 4 heteroatoms. The van der Waals surface area contributed by atoms with Gasteiger partial charge in [0.1, 0.15) is 0 Å². The molecule has 21 heavy (non-hydrogen) atoms. The molecule has 0 aliphatic carbocycles. The molecule has 0 spiro atoms. The average molecular weight is 290 g/mol. The zero-order chi connectivity index (χ0) is 15.1.